The predicted octanol–water partition coefficient (Wildman–Crippen LogP) is 4.81. The van der Waals surface area contributed by atoms with Crippen molar-refractivity contribution in [2.24, 2.45) is 0 Å². The van der Waals surface area contributed by atoms with Crippen LogP contribution in [0, 0.1) is 0 Å². The zero-order valence-corrected chi connectivity index (χ0v) is 16.8. The van der Waals surface area contributed by atoms with E-state index in [4.69, 9.17) is 16.3 Å². The van der Waals surface area contributed by atoms with Gasteiger partial charge in [0.2, 0.25) is 0 Å². The summed E-state index contributed by atoms with van der Waals surface area (Å²) >= 11 is 5.97. The standard InChI is InChI=1S/C24H26ClNO2/c1-28-24-8-3-2-5-21(24)15-19-11-9-18(10-12-19)13-14-26-17-23(27)20-6-4-7-22(25)16-20/h2-12,16,23,26-27H,13-15,17H2,1H3. The number of methoxy groups -OCH3 is 1. The highest BCUT2D eigenvalue weighted by Gasteiger charge is 2.07. The number of benzene rings is 3. The Morgan fingerprint density at radius 2 is 1.71 bits per heavy atom. The maximum atomic E-state index is 10.2. The highest BCUT2D eigenvalue weighted by molar-refractivity contribution is 6.30. The Hall–Kier alpha value is -2.33. The molecular weight excluding hydrogens is 370 g/mol. The Kier molecular flexibility index (Phi) is 7.49. The van der Waals surface area contributed by atoms with E-state index < -0.39 is 6.10 Å². The van der Waals surface area contributed by atoms with E-state index in [1.807, 2.05) is 36.4 Å². The van der Waals surface area contributed by atoms with Crippen LogP contribution in [0.4, 0.5) is 0 Å². The lowest BCUT2D eigenvalue weighted by molar-refractivity contribution is 0.175. The van der Waals surface area contributed by atoms with Crippen LogP contribution in [0.1, 0.15) is 28.4 Å². The van der Waals surface area contributed by atoms with Crippen molar-refractivity contribution >= 4 is 11.6 Å². The summed E-state index contributed by atoms with van der Waals surface area (Å²) in [7, 11) is 1.71. The van der Waals surface area contributed by atoms with Gasteiger partial charge in [0.15, 0.2) is 0 Å². The molecule has 1 atom stereocenters. The number of hydrogen-bond donors (Lipinski definition) is 2. The fraction of sp³-hybridized carbons (Fsp3) is 0.250. The smallest absolute Gasteiger partial charge is 0.122 e. The van der Waals surface area contributed by atoms with Gasteiger partial charge in [-0.15, -0.1) is 0 Å². The van der Waals surface area contributed by atoms with Gasteiger partial charge in [0.05, 0.1) is 13.2 Å². The second kappa shape index (κ2) is 10.3. The molecule has 0 saturated carbocycles. The quantitative estimate of drug-likeness (QED) is 0.511. The summed E-state index contributed by atoms with van der Waals surface area (Å²) in [4.78, 5) is 0. The van der Waals surface area contributed by atoms with Crippen LogP contribution in [0.2, 0.25) is 5.02 Å². The minimum Gasteiger partial charge on any atom is -0.496 e. The SMILES string of the molecule is COc1ccccc1Cc1ccc(CCNCC(O)c2cccc(Cl)c2)cc1. The van der Waals surface area contributed by atoms with Gasteiger partial charge in [0.25, 0.3) is 0 Å². The Labute approximate surface area is 171 Å². The number of para-hydroxylation sites is 1. The number of ether oxygens (including phenoxy) is 1. The van der Waals surface area contributed by atoms with Crippen molar-refractivity contribution in [2.45, 2.75) is 18.9 Å². The molecule has 0 aliphatic heterocycles. The lowest BCUT2D eigenvalue weighted by Crippen LogP contribution is -2.23. The maximum absolute atomic E-state index is 10.2. The third kappa shape index (κ3) is 5.83. The molecule has 3 aromatic rings. The summed E-state index contributed by atoms with van der Waals surface area (Å²) in [5.74, 6) is 0.925. The Bertz CT molecular complexity index is 880. The lowest BCUT2D eigenvalue weighted by atomic mass is 10.0. The highest BCUT2D eigenvalue weighted by atomic mass is 35.5. The van der Waals surface area contributed by atoms with E-state index in [0.717, 1.165) is 30.7 Å². The number of hydrogen-bond acceptors (Lipinski definition) is 3. The molecule has 1 unspecified atom stereocenters. The lowest BCUT2D eigenvalue weighted by Gasteiger charge is -2.13. The zero-order valence-electron chi connectivity index (χ0n) is 16.1. The minimum absolute atomic E-state index is 0.506. The van der Waals surface area contributed by atoms with E-state index in [2.05, 4.69) is 35.6 Å². The van der Waals surface area contributed by atoms with Crippen LogP contribution in [-0.2, 0) is 12.8 Å². The molecule has 3 aromatic carbocycles. The Balaban J connectivity index is 1.45. The van der Waals surface area contributed by atoms with Gasteiger partial charge in [-0.2, -0.15) is 0 Å². The average molecular weight is 396 g/mol. The highest BCUT2D eigenvalue weighted by Crippen LogP contribution is 2.21. The van der Waals surface area contributed by atoms with E-state index in [9.17, 15) is 5.11 Å². The van der Waals surface area contributed by atoms with Crippen molar-refractivity contribution in [3.63, 3.8) is 0 Å². The molecule has 3 nitrogen and oxygen atoms in total. The van der Waals surface area contributed by atoms with Crippen molar-refractivity contribution in [1.29, 1.82) is 0 Å². The van der Waals surface area contributed by atoms with Crippen molar-refractivity contribution in [3.05, 3.63) is 100 Å². The van der Waals surface area contributed by atoms with Crippen LogP contribution >= 0.6 is 11.6 Å². The topological polar surface area (TPSA) is 41.5 Å². The average Bonchev–Trinajstić information content (AvgIpc) is 2.72. The number of aliphatic hydroxyl groups is 1. The molecule has 0 radical (unpaired) electrons. The first kappa shape index (κ1) is 20.4. The van der Waals surface area contributed by atoms with Crippen molar-refractivity contribution in [2.75, 3.05) is 20.2 Å². The maximum Gasteiger partial charge on any atom is 0.122 e. The molecule has 3 rings (SSSR count). The molecule has 146 valence electrons. The molecule has 28 heavy (non-hydrogen) atoms. The Morgan fingerprint density at radius 1 is 0.964 bits per heavy atom. The van der Waals surface area contributed by atoms with Crippen LogP contribution in [0.3, 0.4) is 0 Å². The molecule has 0 amide bonds. The molecule has 0 aliphatic rings. The molecule has 4 heteroatoms. The van der Waals surface area contributed by atoms with Gasteiger partial charge in [-0.25, -0.2) is 0 Å². The van der Waals surface area contributed by atoms with E-state index in [1.54, 1.807) is 13.2 Å². The van der Waals surface area contributed by atoms with Crippen molar-refractivity contribution in [3.8, 4) is 5.75 Å². The second-order valence-electron chi connectivity index (χ2n) is 6.83. The van der Waals surface area contributed by atoms with Crippen LogP contribution in [0.25, 0.3) is 0 Å². The van der Waals surface area contributed by atoms with E-state index in [0.29, 0.717) is 11.6 Å². The third-order valence-corrected chi connectivity index (χ3v) is 5.01. The summed E-state index contributed by atoms with van der Waals surface area (Å²) in [6.07, 6.45) is 1.22. The molecule has 0 heterocycles. The minimum atomic E-state index is -0.554. The number of halogens is 1. The van der Waals surface area contributed by atoms with Gasteiger partial charge in [-0.05, 0) is 53.4 Å². The monoisotopic (exact) mass is 395 g/mol. The van der Waals surface area contributed by atoms with Crippen LogP contribution in [0.5, 0.6) is 5.75 Å². The number of aliphatic hydroxyl groups excluding tert-OH is 1. The number of nitrogens with one attached hydrogen (secondary N) is 1. The van der Waals surface area contributed by atoms with Gasteiger partial charge < -0.3 is 15.2 Å². The van der Waals surface area contributed by atoms with E-state index >= 15 is 0 Å². The zero-order chi connectivity index (χ0) is 19.8. The summed E-state index contributed by atoms with van der Waals surface area (Å²) in [6, 6.07) is 24.1. The summed E-state index contributed by atoms with van der Waals surface area (Å²) in [5, 5.41) is 14.2. The molecular formula is C24H26ClNO2. The summed E-state index contributed by atoms with van der Waals surface area (Å²) < 4.78 is 5.43. The largest absolute Gasteiger partial charge is 0.496 e. The Morgan fingerprint density at radius 3 is 2.46 bits per heavy atom. The van der Waals surface area contributed by atoms with Crippen LogP contribution in [0.15, 0.2) is 72.8 Å². The first-order chi connectivity index (χ1) is 13.7. The molecule has 0 spiro atoms. The molecule has 0 aromatic heterocycles. The molecule has 0 saturated heterocycles. The first-order valence-corrected chi connectivity index (χ1v) is 9.87. The molecule has 0 aliphatic carbocycles. The molecule has 0 fully saturated rings. The first-order valence-electron chi connectivity index (χ1n) is 9.49. The third-order valence-electron chi connectivity index (χ3n) is 4.77. The van der Waals surface area contributed by atoms with Gasteiger partial charge in [-0.1, -0.05) is 66.2 Å². The molecule has 0 bridgehead atoms. The van der Waals surface area contributed by atoms with Crippen LogP contribution in [-0.4, -0.2) is 25.3 Å². The van der Waals surface area contributed by atoms with Gasteiger partial charge in [0.1, 0.15) is 5.75 Å². The second-order valence-corrected chi connectivity index (χ2v) is 7.27. The summed E-state index contributed by atoms with van der Waals surface area (Å²) in [5.41, 5.74) is 4.56. The van der Waals surface area contributed by atoms with E-state index in [1.165, 1.54) is 16.7 Å². The summed E-state index contributed by atoms with van der Waals surface area (Å²) in [6.45, 7) is 1.32. The van der Waals surface area contributed by atoms with Crippen molar-refractivity contribution < 1.29 is 9.84 Å². The molecule has 2 N–H and O–H groups in total. The van der Waals surface area contributed by atoms with Gasteiger partial charge >= 0.3 is 0 Å². The normalized spacial score (nSPS) is 12.0. The fourth-order valence-electron chi connectivity index (χ4n) is 3.20. The van der Waals surface area contributed by atoms with Crippen molar-refractivity contribution in [1.82, 2.24) is 5.32 Å². The van der Waals surface area contributed by atoms with Crippen LogP contribution < -0.4 is 10.1 Å². The predicted molar refractivity (Wildman–Crippen MR) is 115 cm³/mol. The van der Waals surface area contributed by atoms with Gasteiger partial charge in [0, 0.05) is 18.0 Å². The van der Waals surface area contributed by atoms with E-state index in [-0.39, 0.29) is 0 Å². The van der Waals surface area contributed by atoms with Gasteiger partial charge in [-0.3, -0.25) is 0 Å². The fourth-order valence-corrected chi connectivity index (χ4v) is 3.39. The number of rotatable bonds is 9.